The van der Waals surface area contributed by atoms with Crippen LogP contribution in [-0.2, 0) is 13.7 Å². The lowest BCUT2D eigenvalue weighted by atomic mass is 10.3. The van der Waals surface area contributed by atoms with Crippen molar-refractivity contribution in [1.29, 1.82) is 0 Å². The predicted octanol–water partition coefficient (Wildman–Crippen LogP) is 0.0604. The topological polar surface area (TPSA) is 94.4 Å². The molecule has 0 aliphatic rings. The molecule has 0 saturated heterocycles. The Balaban J connectivity index is 1.81. The first kappa shape index (κ1) is 9.70. The molecule has 0 atom stereocenters. The van der Waals surface area contributed by atoms with Crippen molar-refractivity contribution in [3.05, 3.63) is 24.0 Å². The van der Waals surface area contributed by atoms with Gasteiger partial charge in [0, 0.05) is 13.1 Å². The van der Waals surface area contributed by atoms with E-state index in [1.165, 1.54) is 0 Å². The maximum absolute atomic E-state index is 5.51. The summed E-state index contributed by atoms with van der Waals surface area (Å²) in [6.45, 7) is 0.266. The van der Waals surface area contributed by atoms with Crippen molar-refractivity contribution in [2.75, 3.05) is 0 Å². The van der Waals surface area contributed by atoms with Crippen LogP contribution in [0.5, 0.6) is 5.75 Å². The fraction of sp³-hybridized carbons (Fsp3) is 0.222. The molecule has 3 rings (SSSR count). The maximum atomic E-state index is 5.51. The molecule has 0 saturated carbocycles. The molecule has 1 N–H and O–H groups in total. The third-order valence-corrected chi connectivity index (χ3v) is 2.34. The van der Waals surface area contributed by atoms with Crippen LogP contribution in [0.2, 0.25) is 0 Å². The van der Waals surface area contributed by atoms with E-state index in [-0.39, 0.29) is 6.61 Å². The summed E-state index contributed by atoms with van der Waals surface area (Å²) in [5.74, 6) is 1.20. The number of tetrazole rings is 1. The minimum absolute atomic E-state index is 0.266. The fourth-order valence-electron chi connectivity index (χ4n) is 1.50. The van der Waals surface area contributed by atoms with E-state index in [1.807, 2.05) is 25.2 Å². The number of rotatable bonds is 3. The summed E-state index contributed by atoms with van der Waals surface area (Å²) in [5, 5.41) is 21.3. The summed E-state index contributed by atoms with van der Waals surface area (Å²) in [5.41, 5.74) is 1.75. The number of H-pyrrole nitrogens is 1. The Morgan fingerprint density at radius 2 is 2.29 bits per heavy atom. The van der Waals surface area contributed by atoms with E-state index in [1.54, 1.807) is 4.68 Å². The summed E-state index contributed by atoms with van der Waals surface area (Å²) in [6, 6.07) is 5.58. The summed E-state index contributed by atoms with van der Waals surface area (Å²) in [7, 11) is 1.84. The van der Waals surface area contributed by atoms with Crippen molar-refractivity contribution in [2.24, 2.45) is 7.05 Å². The Morgan fingerprint density at radius 3 is 3.12 bits per heavy atom. The number of aromatic nitrogens is 7. The summed E-state index contributed by atoms with van der Waals surface area (Å²) in [4.78, 5) is 0. The average molecular weight is 231 g/mol. The number of ether oxygens (including phenoxy) is 1. The molecule has 2 aromatic heterocycles. The van der Waals surface area contributed by atoms with Gasteiger partial charge in [0.1, 0.15) is 11.3 Å². The van der Waals surface area contributed by atoms with Crippen LogP contribution in [0.4, 0.5) is 0 Å². The third kappa shape index (κ3) is 1.80. The molecule has 8 nitrogen and oxygen atoms in total. The van der Waals surface area contributed by atoms with E-state index in [0.717, 1.165) is 11.0 Å². The van der Waals surface area contributed by atoms with Crippen LogP contribution in [0.3, 0.4) is 0 Å². The lowest BCUT2D eigenvalue weighted by Gasteiger charge is -2.02. The summed E-state index contributed by atoms with van der Waals surface area (Å²) < 4.78 is 7.21. The van der Waals surface area contributed by atoms with Crippen LogP contribution >= 0.6 is 0 Å². The Bertz CT molecular complexity index is 630. The highest BCUT2D eigenvalue weighted by Crippen LogP contribution is 2.18. The Labute approximate surface area is 95.6 Å². The zero-order chi connectivity index (χ0) is 11.7. The van der Waals surface area contributed by atoms with Gasteiger partial charge in [0.05, 0.1) is 5.52 Å². The second-order valence-electron chi connectivity index (χ2n) is 3.48. The van der Waals surface area contributed by atoms with Gasteiger partial charge in [0.2, 0.25) is 5.82 Å². The first-order valence-corrected chi connectivity index (χ1v) is 4.97. The largest absolute Gasteiger partial charge is 0.485 e. The molecular weight excluding hydrogens is 222 g/mol. The molecule has 86 valence electrons. The highest BCUT2D eigenvalue weighted by atomic mass is 16.5. The molecule has 0 fully saturated rings. The number of nitrogens with one attached hydrogen (secondary N) is 1. The van der Waals surface area contributed by atoms with E-state index in [4.69, 9.17) is 4.74 Å². The molecule has 8 heteroatoms. The number of fused-ring (bicyclic) bond motifs is 1. The van der Waals surface area contributed by atoms with Gasteiger partial charge < -0.3 is 4.74 Å². The van der Waals surface area contributed by atoms with Crippen LogP contribution < -0.4 is 4.74 Å². The Kier molecular flexibility index (Phi) is 2.18. The molecule has 17 heavy (non-hydrogen) atoms. The molecule has 0 aliphatic carbocycles. The molecule has 0 spiro atoms. The summed E-state index contributed by atoms with van der Waals surface area (Å²) in [6.07, 6.45) is 0. The van der Waals surface area contributed by atoms with E-state index in [9.17, 15) is 0 Å². The normalized spacial score (nSPS) is 10.9. The van der Waals surface area contributed by atoms with Crippen molar-refractivity contribution in [2.45, 2.75) is 6.61 Å². The van der Waals surface area contributed by atoms with Crippen molar-refractivity contribution in [3.63, 3.8) is 0 Å². The van der Waals surface area contributed by atoms with Gasteiger partial charge in [-0.25, -0.2) is 4.68 Å². The van der Waals surface area contributed by atoms with Gasteiger partial charge in [-0.2, -0.15) is 5.21 Å². The van der Waals surface area contributed by atoms with Crippen LogP contribution in [0.1, 0.15) is 5.82 Å². The van der Waals surface area contributed by atoms with Gasteiger partial charge in [0.15, 0.2) is 6.61 Å². The zero-order valence-corrected chi connectivity index (χ0v) is 9.03. The van der Waals surface area contributed by atoms with Crippen molar-refractivity contribution < 1.29 is 4.74 Å². The first-order chi connectivity index (χ1) is 8.33. The standard InChI is InChI=1S/C9H9N7O/c1-16-8-3-2-6(4-7(8)10-15-16)17-5-9-11-13-14-12-9/h2-4H,5H2,1H3,(H,11,12,13,14). The van der Waals surface area contributed by atoms with E-state index >= 15 is 0 Å². The van der Waals surface area contributed by atoms with Crippen molar-refractivity contribution in [1.82, 2.24) is 35.6 Å². The highest BCUT2D eigenvalue weighted by molar-refractivity contribution is 5.75. The van der Waals surface area contributed by atoms with Gasteiger partial charge in [0.25, 0.3) is 0 Å². The number of aryl methyl sites for hydroxylation is 1. The van der Waals surface area contributed by atoms with Crippen molar-refractivity contribution in [3.8, 4) is 5.75 Å². The van der Waals surface area contributed by atoms with Crippen LogP contribution in [-0.4, -0.2) is 35.6 Å². The minimum atomic E-state index is 0.266. The number of nitrogens with zero attached hydrogens (tertiary/aromatic N) is 6. The molecule has 1 aromatic carbocycles. The SMILES string of the molecule is Cn1nnc2cc(OCc3nn[nH]n3)ccc21. The molecule has 0 unspecified atom stereocenters. The molecule has 0 amide bonds. The van der Waals surface area contributed by atoms with Crippen LogP contribution in [0.15, 0.2) is 18.2 Å². The predicted molar refractivity (Wildman–Crippen MR) is 57.0 cm³/mol. The molecule has 3 aromatic rings. The monoisotopic (exact) mass is 231 g/mol. The molecule has 0 radical (unpaired) electrons. The Hall–Kier alpha value is -2.51. The second-order valence-corrected chi connectivity index (χ2v) is 3.48. The third-order valence-electron chi connectivity index (χ3n) is 2.34. The van der Waals surface area contributed by atoms with Gasteiger partial charge in [-0.05, 0) is 12.1 Å². The number of hydrogen-bond donors (Lipinski definition) is 1. The fourth-order valence-corrected chi connectivity index (χ4v) is 1.50. The first-order valence-electron chi connectivity index (χ1n) is 4.97. The maximum Gasteiger partial charge on any atom is 0.211 e. The number of aromatic amines is 1. The number of hydrogen-bond acceptors (Lipinski definition) is 6. The van der Waals surface area contributed by atoms with Gasteiger partial charge in [-0.1, -0.05) is 10.4 Å². The van der Waals surface area contributed by atoms with Gasteiger partial charge >= 0.3 is 0 Å². The van der Waals surface area contributed by atoms with Crippen LogP contribution in [0.25, 0.3) is 11.0 Å². The van der Waals surface area contributed by atoms with Gasteiger partial charge in [-0.15, -0.1) is 15.3 Å². The van der Waals surface area contributed by atoms with E-state index in [0.29, 0.717) is 11.6 Å². The van der Waals surface area contributed by atoms with E-state index in [2.05, 4.69) is 30.9 Å². The minimum Gasteiger partial charge on any atom is -0.485 e. The van der Waals surface area contributed by atoms with Gasteiger partial charge in [-0.3, -0.25) is 0 Å². The van der Waals surface area contributed by atoms with Crippen molar-refractivity contribution >= 4 is 11.0 Å². The summed E-state index contributed by atoms with van der Waals surface area (Å²) >= 11 is 0. The second kappa shape index (κ2) is 3.81. The van der Waals surface area contributed by atoms with E-state index < -0.39 is 0 Å². The quantitative estimate of drug-likeness (QED) is 0.685. The molecule has 2 heterocycles. The molecular formula is C9H9N7O. The molecule has 0 bridgehead atoms. The number of benzene rings is 1. The highest BCUT2D eigenvalue weighted by Gasteiger charge is 2.04. The lowest BCUT2D eigenvalue weighted by molar-refractivity contribution is 0.296. The smallest absolute Gasteiger partial charge is 0.211 e. The molecule has 0 aliphatic heterocycles. The van der Waals surface area contributed by atoms with Crippen LogP contribution in [0, 0.1) is 0 Å². The lowest BCUT2D eigenvalue weighted by Crippen LogP contribution is -1.97. The average Bonchev–Trinajstić information content (AvgIpc) is 2.97. The zero-order valence-electron chi connectivity index (χ0n) is 9.03. The Morgan fingerprint density at radius 1 is 1.35 bits per heavy atom.